The highest BCUT2D eigenvalue weighted by Crippen LogP contribution is 2.18. The Hall–Kier alpha value is -0.210. The molecule has 6 nitrogen and oxygen atoms in total. The topological polar surface area (TPSA) is 70.7 Å². The fraction of sp³-hybridized carbons (Fsp3) is 1.00. The first-order valence-electron chi connectivity index (χ1n) is 6.62. The van der Waals surface area contributed by atoms with E-state index in [2.05, 4.69) is 10.0 Å². The molecular weight excluding hydrogens is 254 g/mol. The number of hydrogen-bond donors (Lipinski definition) is 2. The van der Waals surface area contributed by atoms with Crippen molar-refractivity contribution in [3.05, 3.63) is 0 Å². The van der Waals surface area contributed by atoms with Crippen LogP contribution in [0.4, 0.5) is 0 Å². The highest BCUT2D eigenvalue weighted by molar-refractivity contribution is 7.87. The molecule has 1 aliphatic heterocycles. The van der Waals surface area contributed by atoms with E-state index in [1.165, 1.54) is 17.1 Å². The van der Waals surface area contributed by atoms with Crippen molar-refractivity contribution in [1.29, 1.82) is 0 Å². The average Bonchev–Trinajstić information content (AvgIpc) is 3.01. The van der Waals surface area contributed by atoms with E-state index < -0.39 is 10.2 Å². The van der Waals surface area contributed by atoms with Gasteiger partial charge in [0.2, 0.25) is 0 Å². The van der Waals surface area contributed by atoms with Crippen molar-refractivity contribution >= 4 is 10.2 Å². The summed E-state index contributed by atoms with van der Waals surface area (Å²) in [5, 5.41) is 3.37. The number of nitrogens with one attached hydrogen (secondary N) is 2. The number of ether oxygens (including phenoxy) is 1. The van der Waals surface area contributed by atoms with Crippen LogP contribution in [0.15, 0.2) is 0 Å². The van der Waals surface area contributed by atoms with Gasteiger partial charge in [-0.3, -0.25) is 0 Å². The van der Waals surface area contributed by atoms with Gasteiger partial charge in [-0.1, -0.05) is 0 Å². The van der Waals surface area contributed by atoms with Crippen LogP contribution < -0.4 is 10.0 Å². The lowest BCUT2D eigenvalue weighted by molar-refractivity contribution is 0.192. The van der Waals surface area contributed by atoms with E-state index in [1.807, 2.05) is 0 Å². The predicted octanol–water partition coefficient (Wildman–Crippen LogP) is -0.316. The first kappa shape index (κ1) is 14.2. The van der Waals surface area contributed by atoms with Gasteiger partial charge in [0.05, 0.1) is 6.61 Å². The Morgan fingerprint density at radius 3 is 2.67 bits per heavy atom. The summed E-state index contributed by atoms with van der Waals surface area (Å²) >= 11 is 0. The van der Waals surface area contributed by atoms with Gasteiger partial charge in [0.1, 0.15) is 0 Å². The standard InChI is InChI=1S/C11H23N3O3S/c1-14(7-2-6-12-10-3-4-10)18(15,16)13-11-5-8-17-9-11/h10-13H,2-9H2,1H3. The lowest BCUT2D eigenvalue weighted by Crippen LogP contribution is -2.44. The van der Waals surface area contributed by atoms with Crippen molar-refractivity contribution in [3.8, 4) is 0 Å². The summed E-state index contributed by atoms with van der Waals surface area (Å²) in [6.45, 7) is 2.55. The van der Waals surface area contributed by atoms with E-state index in [4.69, 9.17) is 4.74 Å². The van der Waals surface area contributed by atoms with Gasteiger partial charge in [0.25, 0.3) is 10.2 Å². The molecule has 2 rings (SSSR count). The zero-order chi connectivity index (χ0) is 13.0. The summed E-state index contributed by atoms with van der Waals surface area (Å²) in [6.07, 6.45) is 4.13. The average molecular weight is 277 g/mol. The van der Waals surface area contributed by atoms with Gasteiger partial charge < -0.3 is 10.1 Å². The lowest BCUT2D eigenvalue weighted by Gasteiger charge is -2.20. The molecule has 2 N–H and O–H groups in total. The van der Waals surface area contributed by atoms with Gasteiger partial charge in [0, 0.05) is 32.3 Å². The summed E-state index contributed by atoms with van der Waals surface area (Å²) < 4.78 is 33.1. The Kier molecular flexibility index (Phi) is 4.97. The smallest absolute Gasteiger partial charge is 0.279 e. The van der Waals surface area contributed by atoms with Gasteiger partial charge in [-0.05, 0) is 32.2 Å². The Balaban J connectivity index is 1.66. The van der Waals surface area contributed by atoms with E-state index in [0.717, 1.165) is 19.4 Å². The summed E-state index contributed by atoms with van der Waals surface area (Å²) in [5.41, 5.74) is 0. The SMILES string of the molecule is CN(CCCNC1CC1)S(=O)(=O)NC1CCOC1. The van der Waals surface area contributed by atoms with Crippen LogP contribution in [0.5, 0.6) is 0 Å². The Labute approximate surface area is 109 Å². The Morgan fingerprint density at radius 2 is 2.06 bits per heavy atom. The molecule has 0 spiro atoms. The van der Waals surface area contributed by atoms with Crippen LogP contribution in [0.1, 0.15) is 25.7 Å². The maximum absolute atomic E-state index is 12.0. The first-order valence-corrected chi connectivity index (χ1v) is 8.06. The van der Waals surface area contributed by atoms with Crippen LogP contribution in [0.2, 0.25) is 0 Å². The van der Waals surface area contributed by atoms with Gasteiger partial charge in [-0.15, -0.1) is 0 Å². The minimum absolute atomic E-state index is 0.0676. The molecule has 0 aromatic heterocycles. The number of rotatable bonds is 8. The maximum atomic E-state index is 12.0. The van der Waals surface area contributed by atoms with Crippen LogP contribution in [0.25, 0.3) is 0 Å². The second-order valence-corrected chi connectivity index (χ2v) is 6.90. The summed E-state index contributed by atoms with van der Waals surface area (Å²) in [7, 11) is -1.73. The number of hydrogen-bond acceptors (Lipinski definition) is 4. The molecule has 1 saturated heterocycles. The molecule has 1 saturated carbocycles. The van der Waals surface area contributed by atoms with Gasteiger partial charge in [-0.25, -0.2) is 0 Å². The van der Waals surface area contributed by atoms with Crippen LogP contribution in [-0.2, 0) is 14.9 Å². The van der Waals surface area contributed by atoms with Crippen LogP contribution in [-0.4, -0.2) is 58.2 Å². The van der Waals surface area contributed by atoms with Crippen molar-refractivity contribution in [2.75, 3.05) is 33.4 Å². The first-order chi connectivity index (χ1) is 8.58. The maximum Gasteiger partial charge on any atom is 0.279 e. The third-order valence-corrected chi connectivity index (χ3v) is 4.95. The molecule has 1 atom stereocenters. The van der Waals surface area contributed by atoms with Crippen LogP contribution in [0.3, 0.4) is 0 Å². The zero-order valence-corrected chi connectivity index (χ0v) is 11.7. The third kappa shape index (κ3) is 4.47. The van der Waals surface area contributed by atoms with E-state index in [1.54, 1.807) is 7.05 Å². The van der Waals surface area contributed by atoms with Crippen molar-refractivity contribution in [3.63, 3.8) is 0 Å². The minimum atomic E-state index is -3.35. The van der Waals surface area contributed by atoms with E-state index in [9.17, 15) is 8.42 Å². The fourth-order valence-corrected chi connectivity index (χ4v) is 3.10. The largest absolute Gasteiger partial charge is 0.380 e. The molecule has 0 amide bonds. The second-order valence-electron chi connectivity index (χ2n) is 5.09. The summed E-state index contributed by atoms with van der Waals surface area (Å²) in [6, 6.07) is 0.614. The quantitative estimate of drug-likeness (QED) is 0.597. The van der Waals surface area contributed by atoms with Crippen LogP contribution in [0, 0.1) is 0 Å². The molecule has 1 aliphatic carbocycles. The van der Waals surface area contributed by atoms with Gasteiger partial charge in [-0.2, -0.15) is 17.4 Å². The molecule has 0 bridgehead atoms. The van der Waals surface area contributed by atoms with Gasteiger partial charge in [0.15, 0.2) is 0 Å². The monoisotopic (exact) mass is 277 g/mol. The Bertz CT molecular complexity index is 351. The van der Waals surface area contributed by atoms with Crippen molar-refractivity contribution in [1.82, 2.24) is 14.3 Å². The zero-order valence-electron chi connectivity index (χ0n) is 10.9. The van der Waals surface area contributed by atoms with E-state index in [0.29, 0.717) is 25.8 Å². The van der Waals surface area contributed by atoms with Crippen LogP contribution >= 0.6 is 0 Å². The van der Waals surface area contributed by atoms with Crippen molar-refractivity contribution in [2.45, 2.75) is 37.8 Å². The molecule has 1 unspecified atom stereocenters. The molecule has 7 heteroatoms. The molecule has 1 heterocycles. The molecule has 0 radical (unpaired) electrons. The lowest BCUT2D eigenvalue weighted by atomic mass is 10.3. The molecule has 0 aromatic rings. The van der Waals surface area contributed by atoms with E-state index >= 15 is 0 Å². The molecule has 0 aromatic carbocycles. The summed E-state index contributed by atoms with van der Waals surface area (Å²) in [5.74, 6) is 0. The van der Waals surface area contributed by atoms with Crippen molar-refractivity contribution in [2.24, 2.45) is 0 Å². The Morgan fingerprint density at radius 1 is 1.28 bits per heavy atom. The van der Waals surface area contributed by atoms with E-state index in [-0.39, 0.29) is 6.04 Å². The normalized spacial score (nSPS) is 24.9. The molecule has 106 valence electrons. The predicted molar refractivity (Wildman–Crippen MR) is 69.6 cm³/mol. The molecule has 18 heavy (non-hydrogen) atoms. The van der Waals surface area contributed by atoms with Crippen molar-refractivity contribution < 1.29 is 13.2 Å². The molecule has 2 fully saturated rings. The third-order valence-electron chi connectivity index (χ3n) is 3.32. The number of nitrogens with zero attached hydrogens (tertiary/aromatic N) is 1. The molecule has 2 aliphatic rings. The summed E-state index contributed by atoms with van der Waals surface area (Å²) in [4.78, 5) is 0. The molecular formula is C11H23N3O3S. The fourth-order valence-electron chi connectivity index (χ4n) is 1.94. The highest BCUT2D eigenvalue weighted by Gasteiger charge is 2.25. The van der Waals surface area contributed by atoms with Gasteiger partial charge >= 0.3 is 0 Å². The highest BCUT2D eigenvalue weighted by atomic mass is 32.2. The minimum Gasteiger partial charge on any atom is -0.380 e. The second kappa shape index (κ2) is 6.29.